The fourth-order valence-electron chi connectivity index (χ4n) is 1.87. The summed E-state index contributed by atoms with van der Waals surface area (Å²) in [5, 5.41) is 2.89. The van der Waals surface area contributed by atoms with Gasteiger partial charge in [0.05, 0.1) is 12.7 Å². The molecule has 0 aliphatic heterocycles. The van der Waals surface area contributed by atoms with Crippen molar-refractivity contribution < 1.29 is 14.3 Å². The minimum Gasteiger partial charge on any atom is -0.496 e. The average molecular weight is 279 g/mol. The molecule has 0 saturated heterocycles. The van der Waals surface area contributed by atoms with Gasteiger partial charge < -0.3 is 14.8 Å². The van der Waals surface area contributed by atoms with Gasteiger partial charge in [-0.1, -0.05) is 26.8 Å². The summed E-state index contributed by atoms with van der Waals surface area (Å²) in [6.07, 6.45) is 0.795. The number of nitrogens with one attached hydrogen (secondary N) is 1. The van der Waals surface area contributed by atoms with E-state index in [0.717, 1.165) is 12.0 Å². The van der Waals surface area contributed by atoms with Crippen LogP contribution in [-0.2, 0) is 10.2 Å². The Morgan fingerprint density at radius 1 is 1.25 bits per heavy atom. The number of rotatable bonds is 6. The molecule has 20 heavy (non-hydrogen) atoms. The highest BCUT2D eigenvalue weighted by Gasteiger charge is 2.19. The van der Waals surface area contributed by atoms with Crippen LogP contribution < -0.4 is 10.1 Å². The van der Waals surface area contributed by atoms with Crippen molar-refractivity contribution >= 4 is 5.91 Å². The third-order valence-corrected chi connectivity index (χ3v) is 3.12. The molecule has 0 radical (unpaired) electrons. The van der Waals surface area contributed by atoms with E-state index in [2.05, 4.69) is 26.1 Å². The zero-order chi connectivity index (χ0) is 15.2. The first-order valence-corrected chi connectivity index (χ1v) is 6.86. The van der Waals surface area contributed by atoms with Crippen molar-refractivity contribution in [1.82, 2.24) is 5.32 Å². The summed E-state index contributed by atoms with van der Waals surface area (Å²) in [6, 6.07) is 5.76. The Balaban J connectivity index is 2.88. The number of amides is 1. The normalized spacial score (nSPS) is 11.2. The van der Waals surface area contributed by atoms with Gasteiger partial charge in [0.1, 0.15) is 5.75 Å². The van der Waals surface area contributed by atoms with E-state index in [-0.39, 0.29) is 11.3 Å². The lowest BCUT2D eigenvalue weighted by atomic mass is 9.86. The summed E-state index contributed by atoms with van der Waals surface area (Å²) in [5.74, 6) is 0.492. The molecule has 0 aromatic heterocycles. The summed E-state index contributed by atoms with van der Waals surface area (Å²) in [5.41, 5.74) is 1.69. The van der Waals surface area contributed by atoms with Crippen LogP contribution in [0.2, 0.25) is 0 Å². The van der Waals surface area contributed by atoms with Crippen LogP contribution >= 0.6 is 0 Å². The van der Waals surface area contributed by atoms with E-state index in [0.29, 0.717) is 24.5 Å². The predicted molar refractivity (Wildman–Crippen MR) is 80.5 cm³/mol. The maximum absolute atomic E-state index is 12.2. The molecule has 0 spiro atoms. The number of ether oxygens (including phenoxy) is 2. The predicted octanol–water partition coefficient (Wildman–Crippen LogP) is 2.76. The van der Waals surface area contributed by atoms with Crippen molar-refractivity contribution in [3.63, 3.8) is 0 Å². The highest BCUT2D eigenvalue weighted by Crippen LogP contribution is 2.27. The molecule has 0 heterocycles. The van der Waals surface area contributed by atoms with E-state index in [4.69, 9.17) is 9.47 Å². The van der Waals surface area contributed by atoms with Crippen molar-refractivity contribution in [2.45, 2.75) is 32.6 Å². The standard InChI is InChI=1S/C16H25NO3/c1-16(2,3)12-7-8-14(20-5)13(11-12)15(18)17-9-6-10-19-4/h7-8,11H,6,9-10H2,1-5H3,(H,17,18). The molecular weight excluding hydrogens is 254 g/mol. The van der Waals surface area contributed by atoms with Gasteiger partial charge in [-0.05, 0) is 29.5 Å². The quantitative estimate of drug-likeness (QED) is 0.815. The fourth-order valence-corrected chi connectivity index (χ4v) is 1.87. The first-order valence-electron chi connectivity index (χ1n) is 6.86. The van der Waals surface area contributed by atoms with Gasteiger partial charge in [-0.15, -0.1) is 0 Å². The summed E-state index contributed by atoms with van der Waals surface area (Å²) in [6.45, 7) is 7.59. The van der Waals surface area contributed by atoms with Crippen LogP contribution in [-0.4, -0.2) is 33.3 Å². The molecule has 112 valence electrons. The van der Waals surface area contributed by atoms with Gasteiger partial charge in [-0.3, -0.25) is 4.79 Å². The third kappa shape index (κ3) is 4.53. The molecule has 1 N–H and O–H groups in total. The molecule has 0 aliphatic rings. The lowest BCUT2D eigenvalue weighted by Crippen LogP contribution is -2.26. The van der Waals surface area contributed by atoms with E-state index in [1.165, 1.54) is 0 Å². The number of methoxy groups -OCH3 is 2. The Hall–Kier alpha value is -1.55. The van der Waals surface area contributed by atoms with Crippen molar-refractivity contribution in [1.29, 1.82) is 0 Å². The Morgan fingerprint density at radius 2 is 1.95 bits per heavy atom. The summed E-state index contributed by atoms with van der Waals surface area (Å²) >= 11 is 0. The lowest BCUT2D eigenvalue weighted by molar-refractivity contribution is 0.0945. The lowest BCUT2D eigenvalue weighted by Gasteiger charge is -2.21. The van der Waals surface area contributed by atoms with Crippen molar-refractivity contribution in [2.24, 2.45) is 0 Å². The maximum Gasteiger partial charge on any atom is 0.255 e. The second kappa shape index (κ2) is 7.29. The Labute approximate surface area is 121 Å². The molecule has 0 unspecified atom stereocenters. The largest absolute Gasteiger partial charge is 0.496 e. The molecule has 0 fully saturated rings. The van der Waals surface area contributed by atoms with Crippen LogP contribution in [0.3, 0.4) is 0 Å². The smallest absolute Gasteiger partial charge is 0.255 e. The van der Waals surface area contributed by atoms with Crippen LogP contribution in [0.1, 0.15) is 43.1 Å². The number of carbonyl (C=O) groups is 1. The zero-order valence-corrected chi connectivity index (χ0v) is 13.1. The molecule has 4 heteroatoms. The molecule has 1 rings (SSSR count). The Kier molecular flexibility index (Phi) is 6.02. The SMILES string of the molecule is COCCCNC(=O)c1cc(C(C)(C)C)ccc1OC. The maximum atomic E-state index is 12.2. The number of hydrogen-bond acceptors (Lipinski definition) is 3. The highest BCUT2D eigenvalue weighted by molar-refractivity contribution is 5.97. The monoisotopic (exact) mass is 279 g/mol. The fraction of sp³-hybridized carbons (Fsp3) is 0.562. The van der Waals surface area contributed by atoms with Crippen LogP contribution in [0.25, 0.3) is 0 Å². The van der Waals surface area contributed by atoms with E-state index in [1.54, 1.807) is 14.2 Å². The Bertz CT molecular complexity index is 450. The average Bonchev–Trinajstić information content (AvgIpc) is 2.41. The molecule has 0 bridgehead atoms. The van der Waals surface area contributed by atoms with Crippen molar-refractivity contribution in [3.05, 3.63) is 29.3 Å². The second-order valence-electron chi connectivity index (χ2n) is 5.77. The van der Waals surface area contributed by atoms with E-state index in [1.807, 2.05) is 18.2 Å². The van der Waals surface area contributed by atoms with Gasteiger partial charge >= 0.3 is 0 Å². The Morgan fingerprint density at radius 3 is 2.50 bits per heavy atom. The van der Waals surface area contributed by atoms with Crippen LogP contribution in [0.15, 0.2) is 18.2 Å². The molecule has 0 atom stereocenters. The van der Waals surface area contributed by atoms with Gasteiger partial charge in [0.15, 0.2) is 0 Å². The molecule has 4 nitrogen and oxygen atoms in total. The number of carbonyl (C=O) groups excluding carboxylic acids is 1. The first-order chi connectivity index (χ1) is 9.40. The van der Waals surface area contributed by atoms with E-state index >= 15 is 0 Å². The van der Waals surface area contributed by atoms with Gasteiger partial charge in [-0.2, -0.15) is 0 Å². The van der Waals surface area contributed by atoms with Crippen LogP contribution in [0, 0.1) is 0 Å². The second-order valence-corrected chi connectivity index (χ2v) is 5.77. The molecule has 1 aromatic rings. The molecule has 0 aliphatic carbocycles. The topological polar surface area (TPSA) is 47.6 Å². The summed E-state index contributed by atoms with van der Waals surface area (Å²) in [7, 11) is 3.23. The summed E-state index contributed by atoms with van der Waals surface area (Å²) < 4.78 is 10.2. The first kappa shape index (κ1) is 16.5. The van der Waals surface area contributed by atoms with Crippen LogP contribution in [0.5, 0.6) is 5.75 Å². The highest BCUT2D eigenvalue weighted by atomic mass is 16.5. The molecule has 1 amide bonds. The minimum atomic E-state index is -0.107. The molecule has 1 aromatic carbocycles. The van der Waals surface area contributed by atoms with Gasteiger partial charge in [0, 0.05) is 20.3 Å². The number of hydrogen-bond donors (Lipinski definition) is 1. The van der Waals surface area contributed by atoms with E-state index in [9.17, 15) is 4.79 Å². The number of benzene rings is 1. The zero-order valence-electron chi connectivity index (χ0n) is 13.1. The van der Waals surface area contributed by atoms with Crippen molar-refractivity contribution in [2.75, 3.05) is 27.4 Å². The van der Waals surface area contributed by atoms with Crippen molar-refractivity contribution in [3.8, 4) is 5.75 Å². The molecule has 0 saturated carbocycles. The minimum absolute atomic E-state index is 0.00263. The van der Waals surface area contributed by atoms with Gasteiger partial charge in [0.2, 0.25) is 0 Å². The molecular formula is C16H25NO3. The summed E-state index contributed by atoms with van der Waals surface area (Å²) in [4.78, 5) is 12.2. The third-order valence-electron chi connectivity index (χ3n) is 3.12. The van der Waals surface area contributed by atoms with Gasteiger partial charge in [0.25, 0.3) is 5.91 Å². The van der Waals surface area contributed by atoms with Gasteiger partial charge in [-0.25, -0.2) is 0 Å². The van der Waals surface area contributed by atoms with E-state index < -0.39 is 0 Å². The van der Waals surface area contributed by atoms with Crippen LogP contribution in [0.4, 0.5) is 0 Å².